The number of carbonyl (C=O) groups is 1. The molecule has 0 spiro atoms. The molecule has 0 aromatic carbocycles. The number of aryl methyl sites for hydroxylation is 3. The minimum absolute atomic E-state index is 0.206. The molecule has 19 heavy (non-hydrogen) atoms. The summed E-state index contributed by atoms with van der Waals surface area (Å²) in [5.41, 5.74) is 1.50. The van der Waals surface area contributed by atoms with Crippen LogP contribution in [0.1, 0.15) is 22.6 Å². The van der Waals surface area contributed by atoms with Crippen LogP contribution < -0.4 is 5.32 Å². The van der Waals surface area contributed by atoms with E-state index in [-0.39, 0.29) is 5.91 Å². The Kier molecular flexibility index (Phi) is 4.21. The monoisotopic (exact) mass is 281 g/mol. The highest BCUT2D eigenvalue weighted by atomic mass is 35.5. The summed E-state index contributed by atoms with van der Waals surface area (Å²) in [7, 11) is 1.69. The lowest BCUT2D eigenvalue weighted by atomic mass is 10.3. The quantitative estimate of drug-likeness (QED) is 0.843. The molecule has 2 heterocycles. The number of aromatic nitrogens is 4. The number of carbonyl (C=O) groups excluding carboxylic acids is 1. The van der Waals surface area contributed by atoms with Gasteiger partial charge in [-0.1, -0.05) is 11.6 Å². The third-order valence-electron chi connectivity index (χ3n) is 2.87. The molecule has 2 rings (SSSR count). The molecule has 6 nitrogen and oxygen atoms in total. The Balaban J connectivity index is 1.80. The zero-order valence-electron chi connectivity index (χ0n) is 10.9. The first kappa shape index (κ1) is 13.6. The Morgan fingerprint density at radius 2 is 2.26 bits per heavy atom. The number of nitrogens with zero attached hydrogens (tertiary/aromatic N) is 4. The number of hydrogen-bond acceptors (Lipinski definition) is 3. The Morgan fingerprint density at radius 1 is 1.47 bits per heavy atom. The zero-order chi connectivity index (χ0) is 13.8. The van der Waals surface area contributed by atoms with Gasteiger partial charge < -0.3 is 5.32 Å². The summed E-state index contributed by atoms with van der Waals surface area (Å²) in [5.74, 6) is -0.206. The van der Waals surface area contributed by atoms with Crippen molar-refractivity contribution in [2.75, 3.05) is 6.54 Å². The molecule has 0 saturated carbocycles. The number of rotatable bonds is 5. The van der Waals surface area contributed by atoms with Gasteiger partial charge in [0, 0.05) is 32.0 Å². The number of hydrogen-bond donors (Lipinski definition) is 1. The van der Waals surface area contributed by atoms with Crippen LogP contribution in [0.4, 0.5) is 0 Å². The van der Waals surface area contributed by atoms with Crippen LogP contribution in [0.15, 0.2) is 18.5 Å². The average molecular weight is 282 g/mol. The molecule has 0 aliphatic rings. The van der Waals surface area contributed by atoms with E-state index in [2.05, 4.69) is 15.5 Å². The fraction of sp³-hybridized carbons (Fsp3) is 0.417. The van der Waals surface area contributed by atoms with Crippen molar-refractivity contribution < 1.29 is 4.79 Å². The molecular weight excluding hydrogens is 266 g/mol. The number of nitrogens with one attached hydrogen (secondary N) is 1. The fourth-order valence-corrected chi connectivity index (χ4v) is 2.07. The van der Waals surface area contributed by atoms with E-state index in [1.807, 2.05) is 17.7 Å². The van der Waals surface area contributed by atoms with Gasteiger partial charge in [-0.05, 0) is 19.4 Å². The molecule has 0 atom stereocenters. The Labute approximate surface area is 116 Å². The maximum absolute atomic E-state index is 11.9. The summed E-state index contributed by atoms with van der Waals surface area (Å²) in [5, 5.41) is 11.3. The minimum atomic E-state index is -0.206. The van der Waals surface area contributed by atoms with Gasteiger partial charge >= 0.3 is 0 Å². The minimum Gasteiger partial charge on any atom is -0.351 e. The molecule has 2 aromatic heterocycles. The van der Waals surface area contributed by atoms with E-state index in [1.54, 1.807) is 13.2 Å². The van der Waals surface area contributed by atoms with Crippen LogP contribution in [0.2, 0.25) is 5.02 Å². The lowest BCUT2D eigenvalue weighted by Crippen LogP contribution is -2.27. The Morgan fingerprint density at radius 3 is 2.84 bits per heavy atom. The van der Waals surface area contributed by atoms with Crippen LogP contribution in [0, 0.1) is 6.92 Å². The van der Waals surface area contributed by atoms with Crippen molar-refractivity contribution in [3.63, 3.8) is 0 Å². The van der Waals surface area contributed by atoms with Crippen molar-refractivity contribution in [2.24, 2.45) is 7.05 Å². The fourth-order valence-electron chi connectivity index (χ4n) is 1.81. The van der Waals surface area contributed by atoms with Gasteiger partial charge in [-0.25, -0.2) is 0 Å². The van der Waals surface area contributed by atoms with E-state index in [1.165, 1.54) is 10.9 Å². The van der Waals surface area contributed by atoms with E-state index in [0.717, 1.165) is 18.7 Å². The van der Waals surface area contributed by atoms with E-state index in [4.69, 9.17) is 11.6 Å². The summed E-state index contributed by atoms with van der Waals surface area (Å²) in [6.45, 7) is 3.35. The smallest absolute Gasteiger partial charge is 0.271 e. The summed E-state index contributed by atoms with van der Waals surface area (Å²) in [6, 6.07) is 1.95. The van der Waals surface area contributed by atoms with Gasteiger partial charge in [0.1, 0.15) is 5.69 Å². The zero-order valence-corrected chi connectivity index (χ0v) is 11.7. The standard InChI is InChI=1S/C12H16ClN5O/c1-9-4-6-15-18(9)7-3-5-14-12(19)11-10(13)8-16-17(11)2/h4,6,8H,3,5,7H2,1-2H3,(H,14,19). The van der Waals surface area contributed by atoms with Gasteiger partial charge in [-0.3, -0.25) is 14.2 Å². The topological polar surface area (TPSA) is 64.7 Å². The highest BCUT2D eigenvalue weighted by Crippen LogP contribution is 2.13. The van der Waals surface area contributed by atoms with Gasteiger partial charge in [0.25, 0.3) is 5.91 Å². The van der Waals surface area contributed by atoms with Crippen molar-refractivity contribution in [1.82, 2.24) is 24.9 Å². The van der Waals surface area contributed by atoms with Gasteiger partial charge in [0.2, 0.25) is 0 Å². The molecule has 0 aliphatic heterocycles. The van der Waals surface area contributed by atoms with Crippen molar-refractivity contribution >= 4 is 17.5 Å². The van der Waals surface area contributed by atoms with Crippen LogP contribution in [-0.2, 0) is 13.6 Å². The largest absolute Gasteiger partial charge is 0.351 e. The maximum Gasteiger partial charge on any atom is 0.271 e. The SMILES string of the molecule is Cc1ccnn1CCCNC(=O)c1c(Cl)cnn1C. The molecule has 1 N–H and O–H groups in total. The molecule has 0 bridgehead atoms. The van der Waals surface area contributed by atoms with Crippen LogP contribution in [0.25, 0.3) is 0 Å². The van der Waals surface area contributed by atoms with Gasteiger partial charge in [0.05, 0.1) is 11.2 Å². The summed E-state index contributed by atoms with van der Waals surface area (Å²) in [6.07, 6.45) is 4.04. The average Bonchev–Trinajstić information content (AvgIpc) is 2.92. The molecule has 0 radical (unpaired) electrons. The van der Waals surface area contributed by atoms with Crippen LogP contribution >= 0.6 is 11.6 Å². The molecular formula is C12H16ClN5O. The van der Waals surface area contributed by atoms with Crippen LogP contribution in [0.3, 0.4) is 0 Å². The maximum atomic E-state index is 11.9. The lowest BCUT2D eigenvalue weighted by Gasteiger charge is -2.07. The van der Waals surface area contributed by atoms with Gasteiger partial charge in [0.15, 0.2) is 0 Å². The first-order valence-electron chi connectivity index (χ1n) is 6.03. The van der Waals surface area contributed by atoms with Crippen LogP contribution in [-0.4, -0.2) is 32.0 Å². The molecule has 102 valence electrons. The van der Waals surface area contributed by atoms with Gasteiger partial charge in [-0.2, -0.15) is 10.2 Å². The second-order valence-corrected chi connectivity index (χ2v) is 4.68. The first-order valence-corrected chi connectivity index (χ1v) is 6.41. The van der Waals surface area contributed by atoms with Crippen LogP contribution in [0.5, 0.6) is 0 Å². The van der Waals surface area contributed by atoms with Crippen molar-refractivity contribution in [1.29, 1.82) is 0 Å². The molecule has 1 amide bonds. The predicted molar refractivity (Wildman–Crippen MR) is 72.1 cm³/mol. The summed E-state index contributed by atoms with van der Waals surface area (Å²) < 4.78 is 3.37. The molecule has 0 aliphatic carbocycles. The van der Waals surface area contributed by atoms with Crippen molar-refractivity contribution in [3.8, 4) is 0 Å². The first-order chi connectivity index (χ1) is 9.09. The molecule has 0 fully saturated rings. The molecule has 7 heteroatoms. The van der Waals surface area contributed by atoms with E-state index in [0.29, 0.717) is 17.3 Å². The van der Waals surface area contributed by atoms with Crippen molar-refractivity contribution in [2.45, 2.75) is 19.9 Å². The summed E-state index contributed by atoms with van der Waals surface area (Å²) in [4.78, 5) is 11.9. The summed E-state index contributed by atoms with van der Waals surface area (Å²) >= 11 is 5.90. The Bertz CT molecular complexity index is 555. The number of amides is 1. The van der Waals surface area contributed by atoms with Crippen molar-refractivity contribution in [3.05, 3.63) is 34.9 Å². The second kappa shape index (κ2) is 5.88. The highest BCUT2D eigenvalue weighted by Gasteiger charge is 2.14. The third kappa shape index (κ3) is 3.14. The molecule has 0 unspecified atom stereocenters. The van der Waals surface area contributed by atoms with E-state index in [9.17, 15) is 4.79 Å². The lowest BCUT2D eigenvalue weighted by molar-refractivity contribution is 0.0943. The van der Waals surface area contributed by atoms with Gasteiger partial charge in [-0.15, -0.1) is 0 Å². The normalized spacial score (nSPS) is 10.7. The third-order valence-corrected chi connectivity index (χ3v) is 3.15. The molecule has 0 saturated heterocycles. The molecule has 2 aromatic rings. The van der Waals surface area contributed by atoms with E-state index >= 15 is 0 Å². The second-order valence-electron chi connectivity index (χ2n) is 4.27. The number of halogens is 1. The highest BCUT2D eigenvalue weighted by molar-refractivity contribution is 6.33. The van der Waals surface area contributed by atoms with E-state index < -0.39 is 0 Å². The predicted octanol–water partition coefficient (Wildman–Crippen LogP) is 1.40. The Hall–Kier alpha value is -1.82.